The van der Waals surface area contributed by atoms with Crippen LogP contribution in [0.4, 0.5) is 0 Å². The van der Waals surface area contributed by atoms with E-state index in [9.17, 15) is 9.59 Å². The van der Waals surface area contributed by atoms with Crippen LogP contribution in [0.1, 0.15) is 11.1 Å². The molecule has 0 radical (unpaired) electrons. The van der Waals surface area contributed by atoms with Crippen LogP contribution in [0.25, 0.3) is 6.08 Å². The average Bonchev–Trinajstić information content (AvgIpc) is 3.28. The van der Waals surface area contributed by atoms with Gasteiger partial charge in [-0.05, 0) is 47.9 Å². The molecule has 1 unspecified atom stereocenters. The second-order valence-electron chi connectivity index (χ2n) is 6.67. The van der Waals surface area contributed by atoms with Crippen LogP contribution in [0.3, 0.4) is 0 Å². The first kappa shape index (κ1) is 22.0. The van der Waals surface area contributed by atoms with Gasteiger partial charge in [-0.15, -0.1) is 0 Å². The molecule has 0 aliphatic carbocycles. The quantitative estimate of drug-likeness (QED) is 0.468. The summed E-state index contributed by atoms with van der Waals surface area (Å²) in [5.41, 5.74) is 1.57. The van der Waals surface area contributed by atoms with E-state index < -0.39 is 17.9 Å². The van der Waals surface area contributed by atoms with Gasteiger partial charge in [0, 0.05) is 0 Å². The molecular formula is C23H24O8. The smallest absolute Gasteiger partial charge is 0.334 e. The molecule has 2 aromatic carbocycles. The van der Waals surface area contributed by atoms with E-state index in [1.165, 1.54) is 28.4 Å². The lowest BCUT2D eigenvalue weighted by molar-refractivity contribution is -0.147. The highest BCUT2D eigenvalue weighted by Crippen LogP contribution is 2.34. The molecule has 1 atom stereocenters. The Morgan fingerprint density at radius 2 is 1.68 bits per heavy atom. The van der Waals surface area contributed by atoms with Gasteiger partial charge < -0.3 is 28.4 Å². The molecule has 31 heavy (non-hydrogen) atoms. The molecule has 164 valence electrons. The van der Waals surface area contributed by atoms with Crippen LogP contribution >= 0.6 is 0 Å². The maximum absolute atomic E-state index is 12.7. The molecule has 2 aromatic rings. The Balaban J connectivity index is 2.00. The molecule has 0 saturated heterocycles. The van der Waals surface area contributed by atoms with E-state index in [1.807, 2.05) is 0 Å². The van der Waals surface area contributed by atoms with Gasteiger partial charge in [-0.25, -0.2) is 4.79 Å². The SMILES string of the molecule is COC(=O)/C(=C/c1ccc2c(c1)OCO2)C(Cc1ccc(OC)c(OC)c1)C(=O)OC. The lowest BCUT2D eigenvalue weighted by Crippen LogP contribution is -2.26. The summed E-state index contributed by atoms with van der Waals surface area (Å²) in [7, 11) is 5.61. The second kappa shape index (κ2) is 9.88. The van der Waals surface area contributed by atoms with E-state index in [1.54, 1.807) is 42.5 Å². The minimum Gasteiger partial charge on any atom is -0.493 e. The van der Waals surface area contributed by atoms with Gasteiger partial charge in [0.2, 0.25) is 6.79 Å². The highest BCUT2D eigenvalue weighted by molar-refractivity contribution is 6.00. The van der Waals surface area contributed by atoms with Crippen molar-refractivity contribution in [2.45, 2.75) is 6.42 Å². The fraction of sp³-hybridized carbons (Fsp3) is 0.304. The van der Waals surface area contributed by atoms with E-state index in [2.05, 4.69) is 0 Å². The molecule has 3 rings (SSSR count). The third-order valence-corrected chi connectivity index (χ3v) is 4.89. The van der Waals surface area contributed by atoms with Crippen molar-refractivity contribution in [3.05, 3.63) is 53.1 Å². The average molecular weight is 428 g/mol. The van der Waals surface area contributed by atoms with Gasteiger partial charge in [0.1, 0.15) is 0 Å². The number of rotatable bonds is 8. The largest absolute Gasteiger partial charge is 0.493 e. The summed E-state index contributed by atoms with van der Waals surface area (Å²) in [6, 6.07) is 10.5. The number of carbonyl (C=O) groups is 2. The van der Waals surface area contributed by atoms with Crippen LogP contribution in [-0.4, -0.2) is 47.2 Å². The molecular weight excluding hydrogens is 404 g/mol. The summed E-state index contributed by atoms with van der Waals surface area (Å²) < 4.78 is 31.3. The predicted molar refractivity (Wildman–Crippen MR) is 111 cm³/mol. The van der Waals surface area contributed by atoms with Gasteiger partial charge in [0.15, 0.2) is 23.0 Å². The van der Waals surface area contributed by atoms with Gasteiger partial charge >= 0.3 is 11.9 Å². The first-order valence-corrected chi connectivity index (χ1v) is 9.49. The minimum absolute atomic E-state index is 0.135. The van der Waals surface area contributed by atoms with Crippen LogP contribution in [0.2, 0.25) is 0 Å². The molecule has 1 aliphatic rings. The number of carbonyl (C=O) groups excluding carboxylic acids is 2. The number of methoxy groups -OCH3 is 4. The van der Waals surface area contributed by atoms with Gasteiger partial charge in [-0.3, -0.25) is 4.79 Å². The maximum atomic E-state index is 12.7. The number of fused-ring (bicyclic) bond motifs is 1. The third-order valence-electron chi connectivity index (χ3n) is 4.89. The zero-order valence-electron chi connectivity index (χ0n) is 17.8. The van der Waals surface area contributed by atoms with Crippen molar-refractivity contribution in [3.8, 4) is 23.0 Å². The standard InChI is InChI=1S/C23H24O8/c1-26-18-7-5-14(11-20(18)27-2)9-16(22(24)28-3)17(23(25)29-4)10-15-6-8-19-21(12-15)31-13-30-19/h5-8,10-12,16H,9,13H2,1-4H3/b17-10+. The number of esters is 2. The Bertz CT molecular complexity index is 995. The molecule has 0 N–H and O–H groups in total. The van der Waals surface area contributed by atoms with E-state index in [-0.39, 0.29) is 18.8 Å². The summed E-state index contributed by atoms with van der Waals surface area (Å²) in [6.07, 6.45) is 1.79. The molecule has 8 heteroatoms. The van der Waals surface area contributed by atoms with E-state index in [0.29, 0.717) is 28.6 Å². The third kappa shape index (κ3) is 4.91. The van der Waals surface area contributed by atoms with Crippen molar-refractivity contribution in [1.82, 2.24) is 0 Å². The highest BCUT2D eigenvalue weighted by atomic mass is 16.7. The fourth-order valence-corrected chi connectivity index (χ4v) is 3.31. The lowest BCUT2D eigenvalue weighted by atomic mass is 9.90. The van der Waals surface area contributed by atoms with Crippen LogP contribution in [-0.2, 0) is 25.5 Å². The van der Waals surface area contributed by atoms with Crippen LogP contribution in [0.15, 0.2) is 42.0 Å². The van der Waals surface area contributed by atoms with Crippen molar-refractivity contribution >= 4 is 18.0 Å². The second-order valence-corrected chi connectivity index (χ2v) is 6.67. The summed E-state index contributed by atoms with van der Waals surface area (Å²) in [5.74, 6) is 0.161. The maximum Gasteiger partial charge on any atom is 0.334 e. The molecule has 8 nitrogen and oxygen atoms in total. The van der Waals surface area contributed by atoms with E-state index in [4.69, 9.17) is 28.4 Å². The zero-order chi connectivity index (χ0) is 22.4. The van der Waals surface area contributed by atoms with Crippen molar-refractivity contribution in [3.63, 3.8) is 0 Å². The topological polar surface area (TPSA) is 89.5 Å². The molecule has 0 aromatic heterocycles. The Labute approximate surface area is 180 Å². The summed E-state index contributed by atoms with van der Waals surface area (Å²) in [6.45, 7) is 0.135. The van der Waals surface area contributed by atoms with Gasteiger partial charge in [-0.1, -0.05) is 12.1 Å². The number of hydrogen-bond donors (Lipinski definition) is 0. The summed E-state index contributed by atoms with van der Waals surface area (Å²) in [5, 5.41) is 0. The molecule has 0 fully saturated rings. The lowest BCUT2D eigenvalue weighted by Gasteiger charge is -2.18. The predicted octanol–water partition coefficient (Wildman–Crippen LogP) is 3.02. The Morgan fingerprint density at radius 1 is 0.935 bits per heavy atom. The molecule has 0 amide bonds. The highest BCUT2D eigenvalue weighted by Gasteiger charge is 2.30. The number of hydrogen-bond acceptors (Lipinski definition) is 8. The molecule has 0 spiro atoms. The van der Waals surface area contributed by atoms with Gasteiger partial charge in [0.25, 0.3) is 0 Å². The van der Waals surface area contributed by atoms with Crippen molar-refractivity contribution in [1.29, 1.82) is 0 Å². The van der Waals surface area contributed by atoms with Crippen molar-refractivity contribution in [2.24, 2.45) is 5.92 Å². The van der Waals surface area contributed by atoms with E-state index in [0.717, 1.165) is 5.56 Å². The summed E-state index contributed by atoms with van der Waals surface area (Å²) >= 11 is 0. The molecule has 0 saturated carbocycles. The first-order valence-electron chi connectivity index (χ1n) is 9.49. The van der Waals surface area contributed by atoms with Gasteiger partial charge in [-0.2, -0.15) is 0 Å². The monoisotopic (exact) mass is 428 g/mol. The van der Waals surface area contributed by atoms with Crippen LogP contribution < -0.4 is 18.9 Å². The van der Waals surface area contributed by atoms with Crippen LogP contribution in [0, 0.1) is 5.92 Å². The minimum atomic E-state index is -0.902. The molecule has 1 heterocycles. The molecule has 1 aliphatic heterocycles. The van der Waals surface area contributed by atoms with Gasteiger partial charge in [0.05, 0.1) is 39.9 Å². The van der Waals surface area contributed by atoms with Crippen molar-refractivity contribution in [2.75, 3.05) is 35.2 Å². The number of benzene rings is 2. The molecule has 0 bridgehead atoms. The fourth-order valence-electron chi connectivity index (χ4n) is 3.31. The number of ether oxygens (including phenoxy) is 6. The Morgan fingerprint density at radius 3 is 2.35 bits per heavy atom. The normalized spacial score (nSPS) is 13.4. The van der Waals surface area contributed by atoms with Crippen LogP contribution in [0.5, 0.6) is 23.0 Å². The summed E-state index contributed by atoms with van der Waals surface area (Å²) in [4.78, 5) is 25.3. The Kier molecular flexibility index (Phi) is 7.02. The van der Waals surface area contributed by atoms with Crippen molar-refractivity contribution < 1.29 is 38.0 Å². The van der Waals surface area contributed by atoms with E-state index >= 15 is 0 Å². The first-order chi connectivity index (χ1) is 15.0. The zero-order valence-corrected chi connectivity index (χ0v) is 17.8. The Hall–Kier alpha value is -3.68.